The molecule has 2 aromatic heterocycles. The molecule has 0 aliphatic carbocycles. The summed E-state index contributed by atoms with van der Waals surface area (Å²) in [6, 6.07) is 3.64. The number of furan rings is 1. The van der Waals surface area contributed by atoms with E-state index in [4.69, 9.17) is 14.7 Å². The first-order valence-electron chi connectivity index (χ1n) is 4.00. The molecule has 14 heavy (non-hydrogen) atoms. The summed E-state index contributed by atoms with van der Waals surface area (Å²) in [5.74, 6) is 1.41. The lowest BCUT2D eigenvalue weighted by Gasteiger charge is -1.86. The second-order valence-corrected chi connectivity index (χ2v) is 3.35. The summed E-state index contributed by atoms with van der Waals surface area (Å²) < 4.78 is 10.4. The van der Waals surface area contributed by atoms with E-state index in [0.29, 0.717) is 17.5 Å². The average molecular weight is 211 g/mol. The van der Waals surface area contributed by atoms with E-state index in [1.165, 1.54) is 11.8 Å². The van der Waals surface area contributed by atoms with Gasteiger partial charge in [0, 0.05) is 0 Å². The van der Waals surface area contributed by atoms with Crippen LogP contribution in [-0.4, -0.2) is 16.4 Å². The third-order valence-electron chi connectivity index (χ3n) is 1.64. The van der Waals surface area contributed by atoms with Gasteiger partial charge in [0.15, 0.2) is 16.7 Å². The van der Waals surface area contributed by atoms with Gasteiger partial charge in [-0.15, -0.1) is 0 Å². The topological polar surface area (TPSA) is 78.1 Å². The van der Waals surface area contributed by atoms with Crippen molar-refractivity contribution in [2.75, 3.05) is 6.26 Å². The number of hydrogen-bond donors (Lipinski definition) is 1. The van der Waals surface area contributed by atoms with Crippen molar-refractivity contribution in [1.82, 2.24) is 10.1 Å². The molecular weight excluding hydrogens is 202 g/mol. The van der Waals surface area contributed by atoms with Gasteiger partial charge in [-0.25, -0.2) is 0 Å². The van der Waals surface area contributed by atoms with Crippen molar-refractivity contribution in [2.24, 2.45) is 5.73 Å². The molecule has 0 amide bonds. The number of nitrogens with two attached hydrogens (primary N) is 1. The van der Waals surface area contributed by atoms with E-state index in [1.54, 1.807) is 6.07 Å². The molecule has 0 aliphatic heterocycles. The number of rotatable bonds is 3. The van der Waals surface area contributed by atoms with Crippen molar-refractivity contribution in [1.29, 1.82) is 0 Å². The zero-order valence-corrected chi connectivity index (χ0v) is 8.37. The van der Waals surface area contributed by atoms with Crippen LogP contribution in [0.15, 0.2) is 26.2 Å². The van der Waals surface area contributed by atoms with Gasteiger partial charge in [0.1, 0.15) is 0 Å². The van der Waals surface area contributed by atoms with Crippen LogP contribution in [0.4, 0.5) is 0 Å². The predicted molar refractivity (Wildman–Crippen MR) is 51.7 cm³/mol. The Morgan fingerprint density at radius 3 is 2.93 bits per heavy atom. The second kappa shape index (κ2) is 3.85. The molecule has 0 aromatic carbocycles. The van der Waals surface area contributed by atoms with Crippen molar-refractivity contribution in [2.45, 2.75) is 11.6 Å². The second-order valence-electron chi connectivity index (χ2n) is 2.54. The zero-order valence-electron chi connectivity index (χ0n) is 7.56. The third kappa shape index (κ3) is 1.66. The summed E-state index contributed by atoms with van der Waals surface area (Å²) in [6.45, 7) is 0.263. The Morgan fingerprint density at radius 1 is 1.50 bits per heavy atom. The quantitative estimate of drug-likeness (QED) is 0.775. The Labute approximate surface area is 84.7 Å². The number of nitrogens with zero attached hydrogens (tertiary/aromatic N) is 2. The van der Waals surface area contributed by atoms with Crippen molar-refractivity contribution in [3.63, 3.8) is 0 Å². The molecule has 0 unspecified atom stereocenters. The fourth-order valence-corrected chi connectivity index (χ4v) is 1.36. The Kier molecular flexibility index (Phi) is 2.55. The maximum absolute atomic E-state index is 5.40. The third-order valence-corrected chi connectivity index (χ3v) is 2.27. The van der Waals surface area contributed by atoms with Gasteiger partial charge >= 0.3 is 0 Å². The molecule has 5 nitrogen and oxygen atoms in total. The highest BCUT2D eigenvalue weighted by atomic mass is 32.2. The summed E-state index contributed by atoms with van der Waals surface area (Å²) in [6.07, 6.45) is 1.93. The Hall–Kier alpha value is -1.27. The van der Waals surface area contributed by atoms with Crippen LogP contribution in [0.5, 0.6) is 0 Å². The van der Waals surface area contributed by atoms with Crippen LogP contribution in [-0.2, 0) is 6.54 Å². The summed E-state index contributed by atoms with van der Waals surface area (Å²) in [5.41, 5.74) is 5.35. The van der Waals surface area contributed by atoms with Crippen LogP contribution in [0.2, 0.25) is 0 Å². The minimum Gasteiger partial charge on any atom is -0.445 e. The van der Waals surface area contributed by atoms with Crippen LogP contribution in [0.3, 0.4) is 0 Å². The van der Waals surface area contributed by atoms with Gasteiger partial charge in [-0.3, -0.25) is 0 Å². The molecule has 0 aliphatic rings. The summed E-state index contributed by atoms with van der Waals surface area (Å²) in [4.78, 5) is 4.04. The van der Waals surface area contributed by atoms with Crippen LogP contribution in [0.25, 0.3) is 11.7 Å². The Balaban J connectivity index is 2.29. The molecule has 74 valence electrons. The van der Waals surface area contributed by atoms with Crippen LogP contribution < -0.4 is 5.73 Å². The predicted octanol–water partition coefficient (Wildman–Crippen LogP) is 1.51. The minimum absolute atomic E-state index is 0.263. The van der Waals surface area contributed by atoms with Gasteiger partial charge < -0.3 is 14.7 Å². The molecule has 6 heteroatoms. The lowest BCUT2D eigenvalue weighted by atomic mass is 10.4. The van der Waals surface area contributed by atoms with Gasteiger partial charge in [0.2, 0.25) is 0 Å². The van der Waals surface area contributed by atoms with Crippen molar-refractivity contribution in [3.8, 4) is 11.7 Å². The number of hydrogen-bond acceptors (Lipinski definition) is 6. The first-order chi connectivity index (χ1) is 6.83. The number of thioether (sulfide) groups is 1. The molecule has 0 saturated carbocycles. The number of aromatic nitrogens is 2. The maximum Gasteiger partial charge on any atom is 0.293 e. The van der Waals surface area contributed by atoms with Crippen molar-refractivity contribution >= 4 is 11.8 Å². The van der Waals surface area contributed by atoms with Gasteiger partial charge in [-0.1, -0.05) is 16.9 Å². The molecule has 0 bridgehead atoms. The molecule has 0 radical (unpaired) electrons. The monoisotopic (exact) mass is 211 g/mol. The zero-order chi connectivity index (χ0) is 9.97. The summed E-state index contributed by atoms with van der Waals surface area (Å²) in [7, 11) is 0. The van der Waals surface area contributed by atoms with Gasteiger partial charge in [0.05, 0.1) is 6.54 Å². The van der Waals surface area contributed by atoms with Crippen LogP contribution in [0.1, 0.15) is 5.82 Å². The highest BCUT2D eigenvalue weighted by molar-refractivity contribution is 7.98. The van der Waals surface area contributed by atoms with E-state index in [0.717, 1.165) is 5.09 Å². The highest BCUT2D eigenvalue weighted by Gasteiger charge is 2.11. The molecule has 2 heterocycles. The maximum atomic E-state index is 5.40. The fourth-order valence-electron chi connectivity index (χ4n) is 0.982. The largest absolute Gasteiger partial charge is 0.445 e. The molecule has 2 N–H and O–H groups in total. The summed E-state index contributed by atoms with van der Waals surface area (Å²) >= 11 is 1.52. The van der Waals surface area contributed by atoms with E-state index in [2.05, 4.69) is 10.1 Å². The van der Waals surface area contributed by atoms with E-state index in [9.17, 15) is 0 Å². The molecule has 2 rings (SSSR count). The van der Waals surface area contributed by atoms with Crippen molar-refractivity contribution in [3.05, 3.63) is 18.0 Å². The Bertz CT molecular complexity index is 383. The van der Waals surface area contributed by atoms with Crippen LogP contribution in [0, 0.1) is 0 Å². The lowest BCUT2D eigenvalue weighted by molar-refractivity contribution is 0.398. The van der Waals surface area contributed by atoms with Crippen LogP contribution >= 0.6 is 11.8 Å². The first kappa shape index (κ1) is 9.29. The lowest BCUT2D eigenvalue weighted by Crippen LogP contribution is -1.97. The molecule has 2 aromatic rings. The summed E-state index contributed by atoms with van der Waals surface area (Å²) in [5, 5.41) is 4.48. The molecule has 0 fully saturated rings. The molecule has 0 saturated heterocycles. The first-order valence-corrected chi connectivity index (χ1v) is 5.23. The standard InChI is InChI=1S/C8H9N3O2S/c1-14-7-3-2-5(12-7)8-10-6(4-9)11-13-8/h2-3H,4,9H2,1H3. The van der Waals surface area contributed by atoms with Gasteiger partial charge in [-0.05, 0) is 18.4 Å². The fraction of sp³-hybridized carbons (Fsp3) is 0.250. The van der Waals surface area contributed by atoms with E-state index < -0.39 is 0 Å². The van der Waals surface area contributed by atoms with Gasteiger partial charge in [-0.2, -0.15) is 4.98 Å². The van der Waals surface area contributed by atoms with Gasteiger partial charge in [0.25, 0.3) is 5.89 Å². The van der Waals surface area contributed by atoms with E-state index >= 15 is 0 Å². The average Bonchev–Trinajstić information content (AvgIpc) is 2.86. The highest BCUT2D eigenvalue weighted by Crippen LogP contribution is 2.25. The Morgan fingerprint density at radius 2 is 2.36 bits per heavy atom. The molecule has 0 atom stereocenters. The van der Waals surface area contributed by atoms with E-state index in [1.807, 2.05) is 12.3 Å². The smallest absolute Gasteiger partial charge is 0.293 e. The van der Waals surface area contributed by atoms with E-state index in [-0.39, 0.29) is 6.54 Å². The van der Waals surface area contributed by atoms with Crippen molar-refractivity contribution < 1.29 is 8.94 Å². The normalized spacial score (nSPS) is 10.7. The molecule has 0 spiro atoms. The SMILES string of the molecule is CSc1ccc(-c2nc(CN)no2)o1. The molecular formula is C8H9N3O2S. The minimum atomic E-state index is 0.263.